The minimum absolute atomic E-state index is 0.237. The topological polar surface area (TPSA) is 69.7 Å². The van der Waals surface area contributed by atoms with Crippen LogP contribution in [-0.2, 0) is 10.0 Å². The summed E-state index contributed by atoms with van der Waals surface area (Å²) in [5.74, 6) is -0.237. The summed E-state index contributed by atoms with van der Waals surface area (Å²) in [7, 11) is -3.18. The molecule has 2 aromatic carbocycles. The van der Waals surface area contributed by atoms with Crippen molar-refractivity contribution in [1.29, 1.82) is 0 Å². The molecule has 0 bridgehead atoms. The number of aryl methyl sites for hydroxylation is 1. The van der Waals surface area contributed by atoms with Crippen molar-refractivity contribution in [3.05, 3.63) is 58.6 Å². The lowest BCUT2D eigenvalue weighted by Gasteiger charge is -2.35. The third kappa shape index (κ3) is 4.61. The van der Waals surface area contributed by atoms with Crippen LogP contribution in [0.5, 0.6) is 0 Å². The molecule has 1 N–H and O–H groups in total. The molecule has 1 heterocycles. The van der Waals surface area contributed by atoms with Crippen molar-refractivity contribution >= 4 is 38.9 Å². The van der Waals surface area contributed by atoms with Crippen LogP contribution >= 0.6 is 11.6 Å². The van der Waals surface area contributed by atoms with Crippen molar-refractivity contribution in [2.24, 2.45) is 0 Å². The van der Waals surface area contributed by atoms with Crippen molar-refractivity contribution in [1.82, 2.24) is 4.31 Å². The van der Waals surface area contributed by atoms with Crippen LogP contribution in [0, 0.1) is 6.92 Å². The summed E-state index contributed by atoms with van der Waals surface area (Å²) in [4.78, 5) is 14.7. The quantitative estimate of drug-likeness (QED) is 0.845. The summed E-state index contributed by atoms with van der Waals surface area (Å²) in [6, 6.07) is 12.7. The average molecular weight is 408 g/mol. The molecule has 3 rings (SSSR count). The monoisotopic (exact) mass is 407 g/mol. The van der Waals surface area contributed by atoms with Gasteiger partial charge in [-0.2, -0.15) is 4.31 Å². The zero-order valence-corrected chi connectivity index (χ0v) is 16.8. The van der Waals surface area contributed by atoms with Crippen LogP contribution in [-0.4, -0.2) is 51.1 Å². The van der Waals surface area contributed by atoms with Crippen LogP contribution in [0.3, 0.4) is 0 Å². The minimum Gasteiger partial charge on any atom is -0.367 e. The molecule has 144 valence electrons. The fourth-order valence-electron chi connectivity index (χ4n) is 3.04. The number of rotatable bonds is 4. The number of hydrogen-bond acceptors (Lipinski definition) is 4. The number of sulfonamides is 1. The molecule has 0 aliphatic carbocycles. The van der Waals surface area contributed by atoms with Gasteiger partial charge in [-0.1, -0.05) is 29.8 Å². The van der Waals surface area contributed by atoms with Crippen LogP contribution in [0.15, 0.2) is 42.5 Å². The highest BCUT2D eigenvalue weighted by atomic mass is 35.5. The zero-order valence-electron chi connectivity index (χ0n) is 15.3. The van der Waals surface area contributed by atoms with Gasteiger partial charge in [-0.3, -0.25) is 4.79 Å². The van der Waals surface area contributed by atoms with Gasteiger partial charge in [0.05, 0.1) is 17.6 Å². The number of benzene rings is 2. The van der Waals surface area contributed by atoms with Crippen molar-refractivity contribution in [3.8, 4) is 0 Å². The van der Waals surface area contributed by atoms with E-state index in [0.29, 0.717) is 42.5 Å². The predicted octanol–water partition coefficient (Wildman–Crippen LogP) is 2.98. The predicted molar refractivity (Wildman–Crippen MR) is 109 cm³/mol. The molecule has 0 atom stereocenters. The normalized spacial score (nSPS) is 15.6. The van der Waals surface area contributed by atoms with E-state index in [-0.39, 0.29) is 5.91 Å². The van der Waals surface area contributed by atoms with E-state index in [2.05, 4.69) is 10.2 Å². The summed E-state index contributed by atoms with van der Waals surface area (Å²) in [6.45, 7) is 3.87. The Morgan fingerprint density at radius 2 is 1.74 bits per heavy atom. The maximum absolute atomic E-state index is 12.6. The summed E-state index contributed by atoms with van der Waals surface area (Å²) in [6.07, 6.45) is 1.23. The Bertz CT molecular complexity index is 954. The van der Waals surface area contributed by atoms with Crippen LogP contribution in [0.2, 0.25) is 5.02 Å². The first-order valence-corrected chi connectivity index (χ1v) is 10.8. The first-order valence-electron chi connectivity index (χ1n) is 8.62. The number of amides is 1. The van der Waals surface area contributed by atoms with E-state index in [1.54, 1.807) is 12.1 Å². The van der Waals surface area contributed by atoms with Crippen LogP contribution in [0.1, 0.15) is 15.9 Å². The van der Waals surface area contributed by atoms with Crippen LogP contribution < -0.4 is 10.2 Å². The number of carbonyl (C=O) groups is 1. The smallest absolute Gasteiger partial charge is 0.255 e. The molecule has 0 radical (unpaired) electrons. The van der Waals surface area contributed by atoms with E-state index in [1.165, 1.54) is 10.6 Å². The number of nitrogens with one attached hydrogen (secondary N) is 1. The molecule has 0 aromatic heterocycles. The van der Waals surface area contributed by atoms with Crippen molar-refractivity contribution in [3.63, 3.8) is 0 Å². The Labute approximate surface area is 164 Å². The summed E-state index contributed by atoms with van der Waals surface area (Å²) in [5, 5.41) is 3.49. The Kier molecular flexibility index (Phi) is 5.74. The third-order valence-electron chi connectivity index (χ3n) is 4.63. The lowest BCUT2D eigenvalue weighted by atomic mass is 10.1. The van der Waals surface area contributed by atoms with Crippen molar-refractivity contribution < 1.29 is 13.2 Å². The molecule has 1 aliphatic heterocycles. The summed E-state index contributed by atoms with van der Waals surface area (Å²) >= 11 is 6.12. The van der Waals surface area contributed by atoms with Gasteiger partial charge in [0.15, 0.2) is 0 Å². The van der Waals surface area contributed by atoms with Crippen LogP contribution in [0.25, 0.3) is 0 Å². The first-order chi connectivity index (χ1) is 12.8. The Balaban J connectivity index is 1.76. The van der Waals surface area contributed by atoms with Gasteiger partial charge in [0.2, 0.25) is 10.0 Å². The molecule has 0 unspecified atom stereocenters. The van der Waals surface area contributed by atoms with Gasteiger partial charge in [0.25, 0.3) is 5.91 Å². The highest BCUT2D eigenvalue weighted by molar-refractivity contribution is 7.88. The molecule has 2 aromatic rings. The average Bonchev–Trinajstić information content (AvgIpc) is 2.64. The van der Waals surface area contributed by atoms with E-state index in [1.807, 2.05) is 37.3 Å². The van der Waals surface area contributed by atoms with E-state index in [9.17, 15) is 13.2 Å². The highest BCUT2D eigenvalue weighted by Gasteiger charge is 2.24. The lowest BCUT2D eigenvalue weighted by molar-refractivity contribution is 0.102. The molecular formula is C19H22ClN3O3S. The zero-order chi connectivity index (χ0) is 19.6. The van der Waals surface area contributed by atoms with Gasteiger partial charge in [-0.25, -0.2) is 8.42 Å². The minimum atomic E-state index is -3.18. The van der Waals surface area contributed by atoms with Crippen molar-refractivity contribution in [2.45, 2.75) is 6.92 Å². The summed E-state index contributed by atoms with van der Waals surface area (Å²) < 4.78 is 24.9. The molecular weight excluding hydrogens is 386 g/mol. The Hall–Kier alpha value is -2.09. The number of piperazine rings is 1. The maximum atomic E-state index is 12.6. The first kappa shape index (κ1) is 19.7. The van der Waals surface area contributed by atoms with E-state index < -0.39 is 10.0 Å². The van der Waals surface area contributed by atoms with Gasteiger partial charge in [0, 0.05) is 36.8 Å². The number of nitrogens with zero attached hydrogens (tertiary/aromatic N) is 2. The molecule has 1 aliphatic rings. The molecule has 6 nitrogen and oxygen atoms in total. The standard InChI is InChI=1S/C19H22ClN3O3S/c1-14-7-8-15(13-16(14)20)19(24)21-17-5-3-4-6-18(17)22-9-11-23(12-10-22)27(2,25)26/h3-8,13H,9-12H2,1-2H3,(H,21,24). The number of anilines is 2. The third-order valence-corrected chi connectivity index (χ3v) is 6.34. The fraction of sp³-hybridized carbons (Fsp3) is 0.316. The van der Waals surface area contributed by atoms with Gasteiger partial charge in [-0.05, 0) is 36.8 Å². The van der Waals surface area contributed by atoms with Gasteiger partial charge in [-0.15, -0.1) is 0 Å². The van der Waals surface area contributed by atoms with Gasteiger partial charge < -0.3 is 10.2 Å². The molecule has 0 spiro atoms. The second kappa shape index (κ2) is 7.88. The molecule has 27 heavy (non-hydrogen) atoms. The van der Waals surface area contributed by atoms with Gasteiger partial charge in [0.1, 0.15) is 0 Å². The molecule has 1 fully saturated rings. The second-order valence-electron chi connectivity index (χ2n) is 6.58. The second-order valence-corrected chi connectivity index (χ2v) is 8.97. The SMILES string of the molecule is Cc1ccc(C(=O)Nc2ccccc2N2CCN(S(C)(=O)=O)CC2)cc1Cl. The van der Waals surface area contributed by atoms with Crippen molar-refractivity contribution in [2.75, 3.05) is 42.7 Å². The summed E-state index contributed by atoms with van der Waals surface area (Å²) in [5.41, 5.74) is 2.96. The molecule has 8 heteroatoms. The number of halogens is 1. The Morgan fingerprint density at radius 1 is 1.07 bits per heavy atom. The molecule has 1 amide bonds. The van der Waals surface area contributed by atoms with Gasteiger partial charge >= 0.3 is 0 Å². The number of carbonyl (C=O) groups excluding carboxylic acids is 1. The Morgan fingerprint density at radius 3 is 2.37 bits per heavy atom. The van der Waals surface area contributed by atoms with Crippen LogP contribution in [0.4, 0.5) is 11.4 Å². The van der Waals surface area contributed by atoms with E-state index in [4.69, 9.17) is 11.6 Å². The molecule has 0 saturated carbocycles. The largest absolute Gasteiger partial charge is 0.367 e. The number of hydrogen-bond donors (Lipinski definition) is 1. The molecule has 1 saturated heterocycles. The highest BCUT2D eigenvalue weighted by Crippen LogP contribution is 2.28. The lowest BCUT2D eigenvalue weighted by Crippen LogP contribution is -2.48. The van der Waals surface area contributed by atoms with E-state index in [0.717, 1.165) is 11.3 Å². The fourth-order valence-corrected chi connectivity index (χ4v) is 4.05. The van der Waals surface area contributed by atoms with E-state index >= 15 is 0 Å². The number of para-hydroxylation sites is 2. The maximum Gasteiger partial charge on any atom is 0.255 e.